The zero-order valence-electron chi connectivity index (χ0n) is 12.2. The van der Waals surface area contributed by atoms with Crippen LogP contribution in [0.5, 0.6) is 0 Å². The Kier molecular flexibility index (Phi) is 6.81. The summed E-state index contributed by atoms with van der Waals surface area (Å²) in [5, 5.41) is 29.4. The second-order valence-electron chi connectivity index (χ2n) is 5.27. The van der Waals surface area contributed by atoms with E-state index in [1.54, 1.807) is 0 Å². The van der Waals surface area contributed by atoms with E-state index in [-0.39, 0.29) is 0 Å². The third-order valence-corrected chi connectivity index (χ3v) is 4.90. The number of aliphatic hydroxyl groups is 3. The van der Waals surface area contributed by atoms with Crippen LogP contribution in [0.2, 0.25) is 0 Å². The van der Waals surface area contributed by atoms with Crippen LogP contribution in [0.15, 0.2) is 0 Å². The van der Waals surface area contributed by atoms with Crippen LogP contribution in [0.3, 0.4) is 0 Å². The number of hydrogen-bond donors (Lipinski definition) is 9. The monoisotopic (exact) mass is 434 g/mol. The molecule has 0 aromatic carbocycles. The zero-order chi connectivity index (χ0) is 20.0. The fourth-order valence-corrected chi connectivity index (χ4v) is 4.37. The molecule has 1 saturated carbocycles. The van der Waals surface area contributed by atoms with E-state index in [9.17, 15) is 29.0 Å². The summed E-state index contributed by atoms with van der Waals surface area (Å²) in [4.78, 5) is 53.5. The molecule has 0 aromatic rings. The first-order chi connectivity index (χ1) is 10.9. The van der Waals surface area contributed by atoms with Gasteiger partial charge in [-0.3, -0.25) is 13.6 Å². The van der Waals surface area contributed by atoms with Crippen molar-refractivity contribution in [3.63, 3.8) is 0 Å². The topological polar surface area (TPSA) is 261 Å². The van der Waals surface area contributed by atoms with Crippen molar-refractivity contribution in [2.24, 2.45) is 0 Å². The fourth-order valence-electron chi connectivity index (χ4n) is 2.39. The Balaban J connectivity index is 3.51. The summed E-state index contributed by atoms with van der Waals surface area (Å²) in [7, 11) is -16.5. The molecule has 15 nitrogen and oxygen atoms in total. The highest BCUT2D eigenvalue weighted by Crippen LogP contribution is 2.54. The highest BCUT2D eigenvalue weighted by molar-refractivity contribution is 7.47. The second-order valence-corrected chi connectivity index (χ2v) is 8.82. The van der Waals surface area contributed by atoms with Crippen LogP contribution in [0.25, 0.3) is 0 Å². The molecule has 2 unspecified atom stereocenters. The van der Waals surface area contributed by atoms with E-state index < -0.39 is 59.6 Å². The predicted molar refractivity (Wildman–Crippen MR) is 73.4 cm³/mol. The lowest BCUT2D eigenvalue weighted by molar-refractivity contribution is -0.248. The highest BCUT2D eigenvalue weighted by Gasteiger charge is 2.63. The van der Waals surface area contributed by atoms with Crippen LogP contribution < -0.4 is 0 Å². The fraction of sp³-hybridized carbons (Fsp3) is 1.00. The maximum atomic E-state index is 11.2. The third kappa shape index (κ3) is 6.11. The van der Waals surface area contributed by atoms with Crippen molar-refractivity contribution in [3.8, 4) is 0 Å². The summed E-state index contributed by atoms with van der Waals surface area (Å²) in [6.07, 6.45) is -12.1. The standard InChI is InChI=1S/C7H17O15P3/c1-7(22-25(17,18)19)5(20-23(11,12)13)3(9)2(8)4(10)6(7)21-24(14,15)16/h2-6,8-10H,1H3,(H2,11,12,13)(H2,14,15,16)(H2,17,18,19)/t2?,3-,4-,5-,6+,7?/m1/s1. The van der Waals surface area contributed by atoms with E-state index >= 15 is 0 Å². The second kappa shape index (κ2) is 7.32. The molecule has 1 rings (SSSR count). The third-order valence-electron chi connectivity index (χ3n) is 3.27. The normalized spacial score (nSPS) is 37.9. The van der Waals surface area contributed by atoms with Gasteiger partial charge in [0.05, 0.1) is 0 Å². The van der Waals surface area contributed by atoms with E-state index in [1.165, 1.54) is 0 Å². The van der Waals surface area contributed by atoms with Crippen molar-refractivity contribution in [2.45, 2.75) is 43.0 Å². The molecular formula is C7H17O15P3. The van der Waals surface area contributed by atoms with E-state index in [0.717, 1.165) is 0 Å². The molecule has 6 atom stereocenters. The molecule has 150 valence electrons. The lowest BCUT2D eigenvalue weighted by atomic mass is 9.76. The van der Waals surface area contributed by atoms with Gasteiger partial charge in [-0.15, -0.1) is 0 Å². The Labute approximate surface area is 139 Å². The molecule has 0 radical (unpaired) electrons. The van der Waals surface area contributed by atoms with Crippen molar-refractivity contribution >= 4 is 23.5 Å². The van der Waals surface area contributed by atoms with Gasteiger partial charge in [0.15, 0.2) is 0 Å². The van der Waals surface area contributed by atoms with Crippen LogP contribution in [0, 0.1) is 0 Å². The molecule has 0 saturated heterocycles. The van der Waals surface area contributed by atoms with Crippen molar-refractivity contribution in [1.82, 2.24) is 0 Å². The van der Waals surface area contributed by atoms with Gasteiger partial charge in [-0.1, -0.05) is 0 Å². The lowest BCUT2D eigenvalue weighted by Gasteiger charge is -2.50. The van der Waals surface area contributed by atoms with Crippen LogP contribution in [0.4, 0.5) is 0 Å². The van der Waals surface area contributed by atoms with Gasteiger partial charge in [-0.2, -0.15) is 0 Å². The first-order valence-corrected chi connectivity index (χ1v) is 10.7. The number of rotatable bonds is 6. The van der Waals surface area contributed by atoms with Crippen LogP contribution in [-0.4, -0.2) is 80.8 Å². The summed E-state index contributed by atoms with van der Waals surface area (Å²) in [6.45, 7) is 0.588. The van der Waals surface area contributed by atoms with Gasteiger partial charge >= 0.3 is 23.5 Å². The van der Waals surface area contributed by atoms with Crippen LogP contribution in [-0.2, 0) is 27.3 Å². The van der Waals surface area contributed by atoms with E-state index in [4.69, 9.17) is 29.4 Å². The first kappa shape index (κ1) is 23.2. The minimum atomic E-state index is -5.55. The van der Waals surface area contributed by atoms with Gasteiger partial charge in [0.2, 0.25) is 0 Å². The Hall–Kier alpha value is 0.210. The molecule has 9 N–H and O–H groups in total. The summed E-state index contributed by atoms with van der Waals surface area (Å²) < 4.78 is 45.9. The van der Waals surface area contributed by atoms with Gasteiger partial charge in [0.1, 0.15) is 36.1 Å². The predicted octanol–water partition coefficient (Wildman–Crippen LogP) is -3.09. The Morgan fingerprint density at radius 1 is 0.680 bits per heavy atom. The summed E-state index contributed by atoms with van der Waals surface area (Å²) in [6, 6.07) is 0. The molecule has 0 heterocycles. The first-order valence-electron chi connectivity index (χ1n) is 6.16. The van der Waals surface area contributed by atoms with E-state index in [2.05, 4.69) is 13.6 Å². The van der Waals surface area contributed by atoms with Gasteiger partial charge in [-0.05, 0) is 6.92 Å². The van der Waals surface area contributed by atoms with Gasteiger partial charge < -0.3 is 44.7 Å². The number of aliphatic hydroxyl groups excluding tert-OH is 3. The van der Waals surface area contributed by atoms with Crippen molar-refractivity contribution < 1.29 is 71.9 Å². The molecule has 0 aromatic heterocycles. The van der Waals surface area contributed by atoms with E-state index in [1.807, 2.05) is 0 Å². The maximum Gasteiger partial charge on any atom is 0.470 e. The summed E-state index contributed by atoms with van der Waals surface area (Å²) >= 11 is 0. The molecule has 25 heavy (non-hydrogen) atoms. The Bertz CT molecular complexity index is 579. The smallest absolute Gasteiger partial charge is 0.387 e. The molecule has 18 heteroatoms. The zero-order valence-corrected chi connectivity index (χ0v) is 14.9. The maximum absolute atomic E-state index is 11.2. The van der Waals surface area contributed by atoms with Crippen molar-refractivity contribution in [1.29, 1.82) is 0 Å². The van der Waals surface area contributed by atoms with Crippen LogP contribution in [0.1, 0.15) is 6.92 Å². The molecule has 0 amide bonds. The highest BCUT2D eigenvalue weighted by atomic mass is 31.2. The largest absolute Gasteiger partial charge is 0.470 e. The van der Waals surface area contributed by atoms with Crippen molar-refractivity contribution in [3.05, 3.63) is 0 Å². The van der Waals surface area contributed by atoms with Crippen LogP contribution >= 0.6 is 23.5 Å². The average molecular weight is 434 g/mol. The lowest BCUT2D eigenvalue weighted by Crippen LogP contribution is -2.71. The number of phosphoric ester groups is 3. The van der Waals surface area contributed by atoms with Gasteiger partial charge in [0.25, 0.3) is 0 Å². The Morgan fingerprint density at radius 3 is 1.24 bits per heavy atom. The molecule has 1 aliphatic rings. The summed E-state index contributed by atoms with van der Waals surface area (Å²) in [5.41, 5.74) is -2.92. The number of hydrogen-bond acceptors (Lipinski definition) is 9. The SMILES string of the molecule is CC1(OP(=O)(O)O)[C@H](OP(=O)(O)O)[C@H](O)C(O)[C@@H](O)[C@@H]1OP(=O)(O)O. The van der Waals surface area contributed by atoms with E-state index in [0.29, 0.717) is 6.92 Å². The number of phosphoric acid groups is 3. The quantitative estimate of drug-likeness (QED) is 0.188. The molecule has 0 bridgehead atoms. The van der Waals surface area contributed by atoms with Gasteiger partial charge in [0, 0.05) is 0 Å². The molecular weight excluding hydrogens is 417 g/mol. The summed E-state index contributed by atoms with van der Waals surface area (Å²) in [5.74, 6) is 0. The van der Waals surface area contributed by atoms with Gasteiger partial charge in [-0.25, -0.2) is 13.7 Å². The minimum Gasteiger partial charge on any atom is -0.387 e. The van der Waals surface area contributed by atoms with Crippen molar-refractivity contribution in [2.75, 3.05) is 0 Å². The Morgan fingerprint density at radius 2 is 1.00 bits per heavy atom. The average Bonchev–Trinajstić information content (AvgIpc) is 2.34. The minimum absolute atomic E-state index is 0.588. The molecule has 1 aliphatic carbocycles. The molecule has 1 fully saturated rings. The molecule has 0 aliphatic heterocycles. The molecule has 0 spiro atoms.